The first-order valence-corrected chi connectivity index (χ1v) is 5.09. The third kappa shape index (κ3) is 5.52. The molecule has 0 aliphatic rings. The zero-order chi connectivity index (χ0) is 10.9. The summed E-state index contributed by atoms with van der Waals surface area (Å²) in [5.74, 6) is 0. The standard InChI is InChI=1S/C12H18O3/c1-11(14-9-8-13-2)15-10-12-6-4-3-5-7-12/h3-7,11H,8-10H2,1-2H3. The Hall–Kier alpha value is -0.900. The van der Waals surface area contributed by atoms with E-state index < -0.39 is 0 Å². The van der Waals surface area contributed by atoms with Crippen LogP contribution in [-0.2, 0) is 20.8 Å². The predicted octanol–water partition coefficient (Wildman–Crippen LogP) is 2.21. The summed E-state index contributed by atoms with van der Waals surface area (Å²) < 4.78 is 15.7. The van der Waals surface area contributed by atoms with Crippen molar-refractivity contribution in [1.82, 2.24) is 0 Å². The molecule has 0 heterocycles. The van der Waals surface area contributed by atoms with E-state index in [1.54, 1.807) is 7.11 Å². The fourth-order valence-corrected chi connectivity index (χ4v) is 1.13. The quantitative estimate of drug-likeness (QED) is 0.510. The van der Waals surface area contributed by atoms with Crippen LogP contribution in [0.25, 0.3) is 0 Å². The first-order chi connectivity index (χ1) is 7.33. The van der Waals surface area contributed by atoms with Crippen molar-refractivity contribution in [3.8, 4) is 0 Å². The largest absolute Gasteiger partial charge is 0.382 e. The molecule has 0 saturated carbocycles. The third-order valence-electron chi connectivity index (χ3n) is 1.97. The van der Waals surface area contributed by atoms with E-state index in [0.29, 0.717) is 19.8 Å². The zero-order valence-electron chi connectivity index (χ0n) is 9.31. The molecule has 1 aromatic carbocycles. The van der Waals surface area contributed by atoms with Gasteiger partial charge in [-0.05, 0) is 12.5 Å². The van der Waals surface area contributed by atoms with Gasteiger partial charge in [-0.2, -0.15) is 0 Å². The van der Waals surface area contributed by atoms with Crippen LogP contribution >= 0.6 is 0 Å². The van der Waals surface area contributed by atoms with Gasteiger partial charge in [-0.25, -0.2) is 0 Å². The van der Waals surface area contributed by atoms with Gasteiger partial charge in [0.2, 0.25) is 0 Å². The molecule has 15 heavy (non-hydrogen) atoms. The summed E-state index contributed by atoms with van der Waals surface area (Å²) in [7, 11) is 1.65. The summed E-state index contributed by atoms with van der Waals surface area (Å²) in [6, 6.07) is 10.0. The monoisotopic (exact) mass is 210 g/mol. The highest BCUT2D eigenvalue weighted by Crippen LogP contribution is 2.03. The molecular formula is C12H18O3. The molecule has 1 atom stereocenters. The summed E-state index contributed by atoms with van der Waals surface area (Å²) in [4.78, 5) is 0. The normalized spacial score (nSPS) is 12.7. The van der Waals surface area contributed by atoms with Crippen molar-refractivity contribution >= 4 is 0 Å². The summed E-state index contributed by atoms with van der Waals surface area (Å²) in [6.45, 7) is 3.62. The number of benzene rings is 1. The Morgan fingerprint density at radius 3 is 2.47 bits per heavy atom. The van der Waals surface area contributed by atoms with Gasteiger partial charge in [0.15, 0.2) is 6.29 Å². The Kier molecular flexibility index (Phi) is 6.00. The Morgan fingerprint density at radius 1 is 1.07 bits per heavy atom. The topological polar surface area (TPSA) is 27.7 Å². The van der Waals surface area contributed by atoms with Gasteiger partial charge >= 0.3 is 0 Å². The third-order valence-corrected chi connectivity index (χ3v) is 1.97. The van der Waals surface area contributed by atoms with Crippen molar-refractivity contribution in [3.63, 3.8) is 0 Å². The highest BCUT2D eigenvalue weighted by atomic mass is 16.7. The summed E-state index contributed by atoms with van der Waals surface area (Å²) >= 11 is 0. The van der Waals surface area contributed by atoms with E-state index in [4.69, 9.17) is 14.2 Å². The van der Waals surface area contributed by atoms with Gasteiger partial charge < -0.3 is 14.2 Å². The Labute approximate surface area is 91.0 Å². The van der Waals surface area contributed by atoms with E-state index in [9.17, 15) is 0 Å². The molecule has 3 heteroatoms. The van der Waals surface area contributed by atoms with Crippen LogP contribution in [0.1, 0.15) is 12.5 Å². The van der Waals surface area contributed by atoms with Gasteiger partial charge in [0.25, 0.3) is 0 Å². The molecule has 1 rings (SSSR count). The molecule has 0 aliphatic heterocycles. The number of methoxy groups -OCH3 is 1. The lowest BCUT2D eigenvalue weighted by atomic mass is 10.2. The van der Waals surface area contributed by atoms with Crippen LogP contribution in [0.5, 0.6) is 0 Å². The molecule has 0 N–H and O–H groups in total. The number of hydrogen-bond acceptors (Lipinski definition) is 3. The van der Waals surface area contributed by atoms with Crippen molar-refractivity contribution in [1.29, 1.82) is 0 Å². The maximum atomic E-state index is 5.50. The van der Waals surface area contributed by atoms with E-state index in [-0.39, 0.29) is 6.29 Å². The molecule has 3 nitrogen and oxygen atoms in total. The van der Waals surface area contributed by atoms with E-state index in [0.717, 1.165) is 5.56 Å². The lowest BCUT2D eigenvalue weighted by Gasteiger charge is -2.13. The Bertz CT molecular complexity index is 248. The molecule has 84 valence electrons. The van der Waals surface area contributed by atoms with Gasteiger partial charge in [0.05, 0.1) is 19.8 Å². The SMILES string of the molecule is COCCOC(C)OCc1ccccc1. The molecule has 0 fully saturated rings. The van der Waals surface area contributed by atoms with E-state index in [1.807, 2.05) is 37.3 Å². The van der Waals surface area contributed by atoms with Crippen LogP contribution in [0.3, 0.4) is 0 Å². The van der Waals surface area contributed by atoms with Crippen LogP contribution in [0.15, 0.2) is 30.3 Å². The minimum absolute atomic E-state index is 0.194. The number of hydrogen-bond donors (Lipinski definition) is 0. The molecule has 0 spiro atoms. The fraction of sp³-hybridized carbons (Fsp3) is 0.500. The van der Waals surface area contributed by atoms with E-state index in [2.05, 4.69) is 0 Å². The first kappa shape index (κ1) is 12.2. The second-order valence-electron chi connectivity index (χ2n) is 3.23. The maximum Gasteiger partial charge on any atom is 0.155 e. The number of ether oxygens (including phenoxy) is 3. The zero-order valence-corrected chi connectivity index (χ0v) is 9.31. The molecule has 0 aromatic heterocycles. The lowest BCUT2D eigenvalue weighted by molar-refractivity contribution is -0.144. The molecule has 0 amide bonds. The maximum absolute atomic E-state index is 5.50. The molecular weight excluding hydrogens is 192 g/mol. The van der Waals surface area contributed by atoms with Gasteiger partial charge in [0, 0.05) is 7.11 Å². The van der Waals surface area contributed by atoms with Gasteiger partial charge in [-0.3, -0.25) is 0 Å². The van der Waals surface area contributed by atoms with Crippen molar-refractivity contribution < 1.29 is 14.2 Å². The van der Waals surface area contributed by atoms with Crippen molar-refractivity contribution in [3.05, 3.63) is 35.9 Å². The van der Waals surface area contributed by atoms with Gasteiger partial charge in [-0.1, -0.05) is 30.3 Å². The highest BCUT2D eigenvalue weighted by molar-refractivity contribution is 5.13. The summed E-state index contributed by atoms with van der Waals surface area (Å²) in [5, 5.41) is 0. The summed E-state index contributed by atoms with van der Waals surface area (Å²) in [6.07, 6.45) is -0.194. The van der Waals surface area contributed by atoms with E-state index >= 15 is 0 Å². The van der Waals surface area contributed by atoms with E-state index in [1.165, 1.54) is 0 Å². The first-order valence-electron chi connectivity index (χ1n) is 5.09. The Balaban J connectivity index is 2.14. The summed E-state index contributed by atoms with van der Waals surface area (Å²) in [5.41, 5.74) is 1.15. The van der Waals surface area contributed by atoms with Crippen molar-refractivity contribution in [2.45, 2.75) is 19.8 Å². The smallest absolute Gasteiger partial charge is 0.155 e. The van der Waals surface area contributed by atoms with Crippen molar-refractivity contribution in [2.75, 3.05) is 20.3 Å². The van der Waals surface area contributed by atoms with Crippen molar-refractivity contribution in [2.24, 2.45) is 0 Å². The molecule has 0 aliphatic carbocycles. The van der Waals surface area contributed by atoms with Crippen LogP contribution in [0, 0.1) is 0 Å². The van der Waals surface area contributed by atoms with Gasteiger partial charge in [0.1, 0.15) is 0 Å². The number of rotatable bonds is 7. The highest BCUT2D eigenvalue weighted by Gasteiger charge is 2.01. The lowest BCUT2D eigenvalue weighted by Crippen LogP contribution is -2.15. The molecule has 1 aromatic rings. The second kappa shape index (κ2) is 7.40. The van der Waals surface area contributed by atoms with Crippen LogP contribution in [0.2, 0.25) is 0 Å². The molecule has 1 unspecified atom stereocenters. The average molecular weight is 210 g/mol. The minimum Gasteiger partial charge on any atom is -0.382 e. The average Bonchev–Trinajstić information content (AvgIpc) is 2.28. The van der Waals surface area contributed by atoms with Crippen LogP contribution in [-0.4, -0.2) is 26.6 Å². The molecule has 0 bridgehead atoms. The fourth-order valence-electron chi connectivity index (χ4n) is 1.13. The minimum atomic E-state index is -0.194. The van der Waals surface area contributed by atoms with Crippen LogP contribution in [0.4, 0.5) is 0 Å². The predicted molar refractivity (Wildman–Crippen MR) is 58.5 cm³/mol. The van der Waals surface area contributed by atoms with Gasteiger partial charge in [-0.15, -0.1) is 0 Å². The second-order valence-corrected chi connectivity index (χ2v) is 3.23. The van der Waals surface area contributed by atoms with Crippen LogP contribution < -0.4 is 0 Å². The Morgan fingerprint density at radius 2 is 1.80 bits per heavy atom. The molecule has 0 radical (unpaired) electrons. The molecule has 0 saturated heterocycles.